The SMILES string of the molecule is OC(O)c1cccc(-c2ccccc2)c1. The van der Waals surface area contributed by atoms with Gasteiger partial charge >= 0.3 is 0 Å². The summed E-state index contributed by atoms with van der Waals surface area (Å²) in [5.74, 6) is 0. The van der Waals surface area contributed by atoms with Crippen LogP contribution in [0.5, 0.6) is 0 Å². The number of hydrogen-bond acceptors (Lipinski definition) is 2. The third-order valence-corrected chi connectivity index (χ3v) is 2.29. The molecular formula is C13H12O2. The molecule has 0 amide bonds. The highest BCUT2D eigenvalue weighted by molar-refractivity contribution is 5.63. The maximum absolute atomic E-state index is 9.05. The van der Waals surface area contributed by atoms with E-state index in [4.69, 9.17) is 10.2 Å². The second-order valence-corrected chi connectivity index (χ2v) is 3.37. The lowest BCUT2D eigenvalue weighted by Crippen LogP contribution is -1.94. The zero-order valence-electron chi connectivity index (χ0n) is 8.17. The van der Waals surface area contributed by atoms with Crippen molar-refractivity contribution in [2.24, 2.45) is 0 Å². The molecule has 2 nitrogen and oxygen atoms in total. The van der Waals surface area contributed by atoms with Crippen molar-refractivity contribution in [1.82, 2.24) is 0 Å². The Kier molecular flexibility index (Phi) is 2.81. The molecule has 2 aromatic rings. The topological polar surface area (TPSA) is 40.5 Å². The van der Waals surface area contributed by atoms with Crippen LogP contribution in [0.25, 0.3) is 11.1 Å². The Morgan fingerprint density at radius 3 is 2.07 bits per heavy atom. The van der Waals surface area contributed by atoms with Crippen molar-refractivity contribution in [3.8, 4) is 11.1 Å². The monoisotopic (exact) mass is 200 g/mol. The summed E-state index contributed by atoms with van der Waals surface area (Å²) in [5.41, 5.74) is 2.57. The molecule has 0 aromatic heterocycles. The van der Waals surface area contributed by atoms with Gasteiger partial charge in [0.05, 0.1) is 0 Å². The van der Waals surface area contributed by atoms with Gasteiger partial charge in [0.25, 0.3) is 0 Å². The van der Waals surface area contributed by atoms with Crippen molar-refractivity contribution in [3.05, 3.63) is 60.2 Å². The summed E-state index contributed by atoms with van der Waals surface area (Å²) in [6.07, 6.45) is -1.41. The van der Waals surface area contributed by atoms with Gasteiger partial charge in [-0.3, -0.25) is 0 Å². The van der Waals surface area contributed by atoms with E-state index in [0.717, 1.165) is 11.1 Å². The zero-order valence-corrected chi connectivity index (χ0v) is 8.17. The van der Waals surface area contributed by atoms with E-state index in [-0.39, 0.29) is 0 Å². The highest BCUT2D eigenvalue weighted by Gasteiger charge is 2.03. The first-order chi connectivity index (χ1) is 7.27. The lowest BCUT2D eigenvalue weighted by atomic mass is 10.0. The van der Waals surface area contributed by atoms with Crippen LogP contribution in [0, 0.1) is 0 Å². The fourth-order valence-corrected chi connectivity index (χ4v) is 1.51. The Morgan fingerprint density at radius 1 is 0.733 bits per heavy atom. The first kappa shape index (κ1) is 9.90. The van der Waals surface area contributed by atoms with E-state index in [2.05, 4.69) is 0 Å². The van der Waals surface area contributed by atoms with Gasteiger partial charge in [0.2, 0.25) is 0 Å². The maximum Gasteiger partial charge on any atom is 0.178 e. The Bertz CT molecular complexity index is 435. The van der Waals surface area contributed by atoms with Gasteiger partial charge in [-0.2, -0.15) is 0 Å². The van der Waals surface area contributed by atoms with E-state index < -0.39 is 6.29 Å². The Labute approximate surface area is 88.4 Å². The molecule has 0 aliphatic carbocycles. The van der Waals surface area contributed by atoms with Crippen LogP contribution in [0.15, 0.2) is 54.6 Å². The quantitative estimate of drug-likeness (QED) is 0.730. The van der Waals surface area contributed by atoms with Crippen LogP contribution >= 0.6 is 0 Å². The van der Waals surface area contributed by atoms with E-state index in [1.54, 1.807) is 12.1 Å². The largest absolute Gasteiger partial charge is 0.364 e. The minimum Gasteiger partial charge on any atom is -0.364 e. The fourth-order valence-electron chi connectivity index (χ4n) is 1.51. The molecule has 0 saturated heterocycles. The predicted octanol–water partition coefficient (Wildman–Crippen LogP) is 2.34. The molecule has 0 bridgehead atoms. The van der Waals surface area contributed by atoms with Gasteiger partial charge in [0, 0.05) is 5.56 Å². The normalized spacial score (nSPS) is 10.6. The van der Waals surface area contributed by atoms with Crippen LogP contribution in [-0.2, 0) is 0 Å². The van der Waals surface area contributed by atoms with Crippen molar-refractivity contribution >= 4 is 0 Å². The highest BCUT2D eigenvalue weighted by atomic mass is 16.5. The van der Waals surface area contributed by atoms with E-state index in [9.17, 15) is 0 Å². The summed E-state index contributed by atoms with van der Waals surface area (Å²) in [7, 11) is 0. The molecule has 76 valence electrons. The second kappa shape index (κ2) is 4.26. The molecule has 2 rings (SSSR count). The molecule has 0 atom stereocenters. The van der Waals surface area contributed by atoms with E-state index >= 15 is 0 Å². The van der Waals surface area contributed by atoms with Crippen LogP contribution in [-0.4, -0.2) is 10.2 Å². The molecular weight excluding hydrogens is 188 g/mol. The molecule has 0 aliphatic rings. The highest BCUT2D eigenvalue weighted by Crippen LogP contribution is 2.21. The summed E-state index contributed by atoms with van der Waals surface area (Å²) in [6, 6.07) is 17.1. The second-order valence-electron chi connectivity index (χ2n) is 3.37. The molecule has 0 unspecified atom stereocenters. The third kappa shape index (κ3) is 2.24. The summed E-state index contributed by atoms with van der Waals surface area (Å²) in [5, 5.41) is 18.1. The smallest absolute Gasteiger partial charge is 0.178 e. The Hall–Kier alpha value is -1.64. The van der Waals surface area contributed by atoms with Crippen LogP contribution in [0.2, 0.25) is 0 Å². The summed E-state index contributed by atoms with van der Waals surface area (Å²) < 4.78 is 0. The minimum absolute atomic E-state index is 0.511. The van der Waals surface area contributed by atoms with Crippen LogP contribution in [0.3, 0.4) is 0 Å². The molecule has 2 N–H and O–H groups in total. The predicted molar refractivity (Wildman–Crippen MR) is 59.1 cm³/mol. The standard InChI is InChI=1S/C13H12O2/c14-13(15)12-8-4-7-11(9-12)10-5-2-1-3-6-10/h1-9,13-15H. The summed E-state index contributed by atoms with van der Waals surface area (Å²) in [6.45, 7) is 0. The molecule has 0 radical (unpaired) electrons. The van der Waals surface area contributed by atoms with Crippen LogP contribution < -0.4 is 0 Å². The average molecular weight is 200 g/mol. The molecule has 0 spiro atoms. The number of benzene rings is 2. The molecule has 15 heavy (non-hydrogen) atoms. The number of aliphatic hydroxyl groups is 2. The van der Waals surface area contributed by atoms with Crippen LogP contribution in [0.1, 0.15) is 11.9 Å². The molecule has 0 heterocycles. The average Bonchev–Trinajstić information content (AvgIpc) is 2.30. The van der Waals surface area contributed by atoms with Gasteiger partial charge in [0.15, 0.2) is 6.29 Å². The van der Waals surface area contributed by atoms with Crippen molar-refractivity contribution in [2.45, 2.75) is 6.29 Å². The van der Waals surface area contributed by atoms with Gasteiger partial charge in [-0.1, -0.05) is 48.5 Å². The minimum atomic E-state index is -1.41. The first-order valence-corrected chi connectivity index (χ1v) is 4.79. The van der Waals surface area contributed by atoms with Gasteiger partial charge in [-0.15, -0.1) is 0 Å². The van der Waals surface area contributed by atoms with Gasteiger partial charge < -0.3 is 10.2 Å². The zero-order chi connectivity index (χ0) is 10.7. The van der Waals surface area contributed by atoms with Crippen molar-refractivity contribution in [2.75, 3.05) is 0 Å². The molecule has 2 aromatic carbocycles. The van der Waals surface area contributed by atoms with Crippen LogP contribution in [0.4, 0.5) is 0 Å². The van der Waals surface area contributed by atoms with Gasteiger partial charge in [0.1, 0.15) is 0 Å². The third-order valence-electron chi connectivity index (χ3n) is 2.29. The summed E-state index contributed by atoms with van der Waals surface area (Å²) >= 11 is 0. The number of aliphatic hydroxyl groups excluding tert-OH is 1. The lowest BCUT2D eigenvalue weighted by molar-refractivity contribution is -0.0424. The first-order valence-electron chi connectivity index (χ1n) is 4.79. The Balaban J connectivity index is 2.42. The van der Waals surface area contributed by atoms with E-state index in [1.165, 1.54) is 0 Å². The van der Waals surface area contributed by atoms with Crippen molar-refractivity contribution in [1.29, 1.82) is 0 Å². The maximum atomic E-state index is 9.05. The van der Waals surface area contributed by atoms with E-state index in [1.807, 2.05) is 42.5 Å². The fraction of sp³-hybridized carbons (Fsp3) is 0.0769. The molecule has 0 aliphatic heterocycles. The van der Waals surface area contributed by atoms with Gasteiger partial charge in [-0.05, 0) is 17.2 Å². The van der Waals surface area contributed by atoms with Crippen molar-refractivity contribution < 1.29 is 10.2 Å². The Morgan fingerprint density at radius 2 is 1.40 bits per heavy atom. The molecule has 0 saturated carbocycles. The molecule has 2 heteroatoms. The summed E-state index contributed by atoms with van der Waals surface area (Å²) in [4.78, 5) is 0. The molecule has 0 fully saturated rings. The number of rotatable bonds is 2. The van der Waals surface area contributed by atoms with E-state index in [0.29, 0.717) is 5.56 Å². The lowest BCUT2D eigenvalue weighted by Gasteiger charge is -2.06. The number of hydrogen-bond donors (Lipinski definition) is 2. The van der Waals surface area contributed by atoms with Gasteiger partial charge in [-0.25, -0.2) is 0 Å². The van der Waals surface area contributed by atoms with Crippen molar-refractivity contribution in [3.63, 3.8) is 0 Å².